The fourth-order valence-electron chi connectivity index (χ4n) is 1.15. The molecule has 12 heavy (non-hydrogen) atoms. The lowest BCUT2D eigenvalue weighted by atomic mass is 10.2. The maximum atomic E-state index is 8.71. The molecule has 3 heteroatoms. The van der Waals surface area contributed by atoms with Crippen molar-refractivity contribution in [3.05, 3.63) is 29.7 Å². The molecule has 0 radical (unpaired) electrons. The van der Waals surface area contributed by atoms with Crippen LogP contribution in [0.5, 0.6) is 0 Å². The normalized spacial score (nSPS) is 10.0. The predicted molar refractivity (Wildman–Crippen MR) is 43.5 cm³/mol. The molecule has 58 valence electrons. The van der Waals surface area contributed by atoms with Gasteiger partial charge >= 0.3 is 0 Å². The smallest absolute Gasteiger partial charge is 0.192 e. The molecule has 0 N–H and O–H groups in total. The highest BCUT2D eigenvalue weighted by molar-refractivity contribution is 5.79. The molecular formula is C9H6N2O. The van der Waals surface area contributed by atoms with Gasteiger partial charge in [-0.3, -0.25) is 0 Å². The summed E-state index contributed by atoms with van der Waals surface area (Å²) in [5.74, 6) is 0.590. The Hall–Kier alpha value is -1.82. The average molecular weight is 158 g/mol. The molecule has 0 fully saturated rings. The van der Waals surface area contributed by atoms with E-state index in [4.69, 9.17) is 9.68 Å². The number of hydrogen-bond acceptors (Lipinski definition) is 3. The van der Waals surface area contributed by atoms with Crippen molar-refractivity contribution >= 4 is 11.1 Å². The zero-order valence-electron chi connectivity index (χ0n) is 6.53. The van der Waals surface area contributed by atoms with Crippen molar-refractivity contribution in [3.63, 3.8) is 0 Å². The molecule has 0 aliphatic carbocycles. The van der Waals surface area contributed by atoms with Gasteiger partial charge in [0.25, 0.3) is 0 Å². The third kappa shape index (κ3) is 0.857. The van der Waals surface area contributed by atoms with Gasteiger partial charge in [0.2, 0.25) is 0 Å². The minimum absolute atomic E-state index is 0.560. The summed E-state index contributed by atoms with van der Waals surface area (Å²) in [6.45, 7) is 1.77. The lowest BCUT2D eigenvalue weighted by molar-refractivity contribution is 0.561. The van der Waals surface area contributed by atoms with Gasteiger partial charge in [0.15, 0.2) is 11.5 Å². The van der Waals surface area contributed by atoms with Crippen LogP contribution in [-0.2, 0) is 0 Å². The number of aryl methyl sites for hydroxylation is 1. The number of rotatable bonds is 0. The molecule has 0 aliphatic heterocycles. The van der Waals surface area contributed by atoms with Gasteiger partial charge in [-0.25, -0.2) is 4.98 Å². The van der Waals surface area contributed by atoms with Crippen molar-refractivity contribution in [2.75, 3.05) is 0 Å². The Morgan fingerprint density at radius 2 is 2.33 bits per heavy atom. The highest BCUT2D eigenvalue weighted by Gasteiger charge is 2.05. The lowest BCUT2D eigenvalue weighted by Gasteiger charge is -1.86. The third-order valence-corrected chi connectivity index (χ3v) is 1.65. The number of para-hydroxylation sites is 1. The maximum absolute atomic E-state index is 8.71. The molecule has 0 saturated carbocycles. The molecule has 1 aromatic carbocycles. The van der Waals surface area contributed by atoms with Crippen LogP contribution in [0.25, 0.3) is 11.1 Å². The first-order chi connectivity index (χ1) is 5.81. The van der Waals surface area contributed by atoms with E-state index in [1.165, 1.54) is 0 Å². The quantitative estimate of drug-likeness (QED) is 0.589. The van der Waals surface area contributed by atoms with E-state index >= 15 is 0 Å². The van der Waals surface area contributed by atoms with E-state index < -0.39 is 0 Å². The molecule has 3 nitrogen and oxygen atoms in total. The number of nitriles is 1. The van der Waals surface area contributed by atoms with E-state index in [0.29, 0.717) is 22.6 Å². The first-order valence-electron chi connectivity index (χ1n) is 3.57. The van der Waals surface area contributed by atoms with Crippen LogP contribution >= 0.6 is 0 Å². The summed E-state index contributed by atoms with van der Waals surface area (Å²) in [7, 11) is 0. The van der Waals surface area contributed by atoms with E-state index in [1.54, 1.807) is 25.1 Å². The van der Waals surface area contributed by atoms with Crippen molar-refractivity contribution < 1.29 is 4.42 Å². The summed E-state index contributed by atoms with van der Waals surface area (Å²) in [4.78, 5) is 4.09. The molecule has 0 spiro atoms. The highest BCUT2D eigenvalue weighted by atomic mass is 16.3. The second-order valence-corrected chi connectivity index (χ2v) is 2.50. The number of aromatic nitrogens is 1. The molecule has 0 saturated heterocycles. The molecule has 0 amide bonds. The second kappa shape index (κ2) is 2.35. The van der Waals surface area contributed by atoms with Gasteiger partial charge in [-0.2, -0.15) is 5.26 Å². The fourth-order valence-corrected chi connectivity index (χ4v) is 1.15. The number of benzene rings is 1. The monoisotopic (exact) mass is 158 g/mol. The minimum Gasteiger partial charge on any atom is -0.441 e. The predicted octanol–water partition coefficient (Wildman–Crippen LogP) is 2.01. The Morgan fingerprint density at radius 3 is 3.08 bits per heavy atom. The standard InChI is InChI=1S/C9H6N2O/c1-6-11-9-7(5-10)3-2-4-8(9)12-6/h2-4H,1H3. The van der Waals surface area contributed by atoms with Crippen LogP contribution in [0.4, 0.5) is 0 Å². The second-order valence-electron chi connectivity index (χ2n) is 2.50. The van der Waals surface area contributed by atoms with Gasteiger partial charge < -0.3 is 4.42 Å². The van der Waals surface area contributed by atoms with E-state index in [0.717, 1.165) is 0 Å². The van der Waals surface area contributed by atoms with Gasteiger partial charge in [0.05, 0.1) is 5.56 Å². The van der Waals surface area contributed by atoms with Gasteiger partial charge in [0, 0.05) is 6.92 Å². The van der Waals surface area contributed by atoms with Crippen molar-refractivity contribution in [3.8, 4) is 6.07 Å². The van der Waals surface area contributed by atoms with Gasteiger partial charge in [0.1, 0.15) is 11.6 Å². The molecular weight excluding hydrogens is 152 g/mol. The van der Waals surface area contributed by atoms with Gasteiger partial charge in [-0.15, -0.1) is 0 Å². The van der Waals surface area contributed by atoms with E-state index in [1.807, 2.05) is 0 Å². The first-order valence-corrected chi connectivity index (χ1v) is 3.57. The van der Waals surface area contributed by atoms with Crippen molar-refractivity contribution in [1.29, 1.82) is 5.26 Å². The summed E-state index contributed by atoms with van der Waals surface area (Å²) < 4.78 is 5.25. The van der Waals surface area contributed by atoms with Crippen molar-refractivity contribution in [2.45, 2.75) is 6.92 Å². The number of fused-ring (bicyclic) bond motifs is 1. The fraction of sp³-hybridized carbons (Fsp3) is 0.111. The summed E-state index contributed by atoms with van der Waals surface area (Å²) in [6.07, 6.45) is 0. The average Bonchev–Trinajstić information content (AvgIpc) is 2.44. The van der Waals surface area contributed by atoms with Gasteiger partial charge in [-0.05, 0) is 12.1 Å². The Balaban J connectivity index is 2.89. The summed E-state index contributed by atoms with van der Waals surface area (Å²) in [6, 6.07) is 7.37. The third-order valence-electron chi connectivity index (χ3n) is 1.65. The summed E-state index contributed by atoms with van der Waals surface area (Å²) >= 11 is 0. The molecule has 2 aromatic rings. The van der Waals surface area contributed by atoms with Crippen molar-refractivity contribution in [1.82, 2.24) is 4.98 Å². The van der Waals surface area contributed by atoms with E-state index in [2.05, 4.69) is 11.1 Å². The number of oxazole rings is 1. The highest BCUT2D eigenvalue weighted by Crippen LogP contribution is 2.17. The number of nitrogens with zero attached hydrogens (tertiary/aromatic N) is 2. The van der Waals surface area contributed by atoms with Crippen molar-refractivity contribution in [2.24, 2.45) is 0 Å². The Kier molecular flexibility index (Phi) is 1.34. The lowest BCUT2D eigenvalue weighted by Crippen LogP contribution is -1.76. The molecule has 0 bridgehead atoms. The zero-order chi connectivity index (χ0) is 8.55. The Morgan fingerprint density at radius 1 is 1.50 bits per heavy atom. The molecule has 0 atom stereocenters. The van der Waals surface area contributed by atoms with Crippen LogP contribution in [0.2, 0.25) is 0 Å². The SMILES string of the molecule is Cc1nc2c(C#N)cccc2o1. The van der Waals surface area contributed by atoms with E-state index in [-0.39, 0.29) is 0 Å². The van der Waals surface area contributed by atoms with Crippen LogP contribution < -0.4 is 0 Å². The maximum Gasteiger partial charge on any atom is 0.192 e. The van der Waals surface area contributed by atoms with Crippen LogP contribution in [0, 0.1) is 18.3 Å². The van der Waals surface area contributed by atoms with E-state index in [9.17, 15) is 0 Å². The molecule has 1 aromatic heterocycles. The Bertz CT molecular complexity index is 465. The topological polar surface area (TPSA) is 49.8 Å². The van der Waals surface area contributed by atoms with Gasteiger partial charge in [-0.1, -0.05) is 6.07 Å². The largest absolute Gasteiger partial charge is 0.441 e. The summed E-state index contributed by atoms with van der Waals surface area (Å²) in [5.41, 5.74) is 1.88. The van der Waals surface area contributed by atoms with Crippen LogP contribution in [0.15, 0.2) is 22.6 Å². The summed E-state index contributed by atoms with van der Waals surface area (Å²) in [5, 5.41) is 8.71. The Labute approximate surface area is 69.2 Å². The molecule has 0 aliphatic rings. The zero-order valence-corrected chi connectivity index (χ0v) is 6.53. The molecule has 0 unspecified atom stereocenters. The minimum atomic E-state index is 0.560. The first kappa shape index (κ1) is 6.86. The molecule has 1 heterocycles. The van der Waals surface area contributed by atoms with Crippen LogP contribution in [-0.4, -0.2) is 4.98 Å². The van der Waals surface area contributed by atoms with Crippen LogP contribution in [0.1, 0.15) is 11.5 Å². The van der Waals surface area contributed by atoms with Crippen LogP contribution in [0.3, 0.4) is 0 Å². The molecule has 2 rings (SSSR count). The number of hydrogen-bond donors (Lipinski definition) is 0.